The first-order chi connectivity index (χ1) is 3.41. The molecular formula is C5H13Cl2N. The van der Waals surface area contributed by atoms with E-state index in [9.17, 15) is 0 Å². The Morgan fingerprint density at radius 2 is 2.00 bits per heavy atom. The van der Waals surface area contributed by atoms with Crippen LogP contribution in [0.2, 0.25) is 0 Å². The Labute approximate surface area is 62.3 Å². The summed E-state index contributed by atoms with van der Waals surface area (Å²) in [4.78, 5) is 2.57. The fourth-order valence-corrected chi connectivity index (χ4v) is 0.575. The SMILES string of the molecule is CCCCCNCl.Cl. The van der Waals surface area contributed by atoms with Gasteiger partial charge in [0.15, 0.2) is 0 Å². The number of nitrogens with one attached hydrogen (secondary N) is 1. The van der Waals surface area contributed by atoms with Gasteiger partial charge in [-0.3, -0.25) is 0 Å². The Bertz CT molecular complexity index is 29.6. The van der Waals surface area contributed by atoms with Crippen molar-refractivity contribution in [2.24, 2.45) is 0 Å². The average Bonchev–Trinajstić information content (AvgIpc) is 1.69. The zero-order valence-corrected chi connectivity index (χ0v) is 6.69. The molecule has 0 aromatic heterocycles. The Morgan fingerprint density at radius 3 is 2.38 bits per heavy atom. The van der Waals surface area contributed by atoms with Crippen molar-refractivity contribution in [1.29, 1.82) is 0 Å². The van der Waals surface area contributed by atoms with Crippen molar-refractivity contribution in [2.75, 3.05) is 6.54 Å². The highest BCUT2D eigenvalue weighted by molar-refractivity contribution is 6.13. The molecule has 0 atom stereocenters. The zero-order chi connectivity index (χ0) is 5.54. The maximum absolute atomic E-state index is 5.19. The van der Waals surface area contributed by atoms with Gasteiger partial charge in [0.25, 0.3) is 0 Å². The van der Waals surface area contributed by atoms with Gasteiger partial charge in [0, 0.05) is 6.54 Å². The van der Waals surface area contributed by atoms with Gasteiger partial charge in [-0.05, 0) is 18.2 Å². The predicted molar refractivity (Wildman–Crippen MR) is 40.6 cm³/mol. The second kappa shape index (κ2) is 10.5. The van der Waals surface area contributed by atoms with E-state index in [0.717, 1.165) is 6.54 Å². The third kappa shape index (κ3) is 9.74. The summed E-state index contributed by atoms with van der Waals surface area (Å²) in [6.45, 7) is 3.11. The average molecular weight is 158 g/mol. The second-order valence-electron chi connectivity index (χ2n) is 1.59. The van der Waals surface area contributed by atoms with Crippen LogP contribution in [-0.4, -0.2) is 6.54 Å². The van der Waals surface area contributed by atoms with Gasteiger partial charge >= 0.3 is 0 Å². The van der Waals surface area contributed by atoms with Gasteiger partial charge in [0.2, 0.25) is 0 Å². The quantitative estimate of drug-likeness (QED) is 0.489. The summed E-state index contributed by atoms with van der Waals surface area (Å²) in [5.41, 5.74) is 0. The van der Waals surface area contributed by atoms with E-state index in [1.54, 1.807) is 0 Å². The monoisotopic (exact) mass is 157 g/mol. The maximum Gasteiger partial charge on any atom is 0.0108 e. The summed E-state index contributed by atoms with van der Waals surface area (Å²) in [5, 5.41) is 0. The van der Waals surface area contributed by atoms with Gasteiger partial charge in [-0.25, -0.2) is 4.84 Å². The van der Waals surface area contributed by atoms with Crippen molar-refractivity contribution in [2.45, 2.75) is 26.2 Å². The van der Waals surface area contributed by atoms with Crippen LogP contribution in [0.5, 0.6) is 0 Å². The van der Waals surface area contributed by atoms with Crippen LogP contribution in [0, 0.1) is 0 Å². The van der Waals surface area contributed by atoms with E-state index < -0.39 is 0 Å². The third-order valence-corrected chi connectivity index (χ3v) is 1.06. The van der Waals surface area contributed by atoms with E-state index in [1.807, 2.05) is 0 Å². The van der Waals surface area contributed by atoms with Crippen LogP contribution in [0.25, 0.3) is 0 Å². The molecule has 0 bridgehead atoms. The molecule has 0 aliphatic heterocycles. The van der Waals surface area contributed by atoms with Crippen LogP contribution in [0.3, 0.4) is 0 Å². The molecule has 0 amide bonds. The molecule has 0 unspecified atom stereocenters. The molecule has 0 radical (unpaired) electrons. The summed E-state index contributed by atoms with van der Waals surface area (Å²) in [5.74, 6) is 0. The largest absolute Gasteiger partial charge is 0.234 e. The van der Waals surface area contributed by atoms with E-state index in [-0.39, 0.29) is 12.4 Å². The lowest BCUT2D eigenvalue weighted by molar-refractivity contribution is 0.706. The number of hydrogen-bond acceptors (Lipinski definition) is 1. The van der Waals surface area contributed by atoms with Gasteiger partial charge in [-0.1, -0.05) is 19.8 Å². The van der Waals surface area contributed by atoms with Crippen molar-refractivity contribution in [3.63, 3.8) is 0 Å². The summed E-state index contributed by atoms with van der Waals surface area (Å²) < 4.78 is 0. The van der Waals surface area contributed by atoms with Crippen molar-refractivity contribution in [1.82, 2.24) is 4.84 Å². The van der Waals surface area contributed by atoms with Gasteiger partial charge in [0.05, 0.1) is 0 Å². The minimum absolute atomic E-state index is 0. The van der Waals surface area contributed by atoms with Gasteiger partial charge < -0.3 is 0 Å². The van der Waals surface area contributed by atoms with Crippen LogP contribution < -0.4 is 4.84 Å². The van der Waals surface area contributed by atoms with E-state index >= 15 is 0 Å². The minimum atomic E-state index is 0. The normalized spacial score (nSPS) is 8.25. The van der Waals surface area contributed by atoms with Gasteiger partial charge in [-0.15, -0.1) is 12.4 Å². The Hall–Kier alpha value is 0.540. The summed E-state index contributed by atoms with van der Waals surface area (Å²) in [6, 6.07) is 0. The highest BCUT2D eigenvalue weighted by Gasteiger charge is 1.80. The third-order valence-electron chi connectivity index (χ3n) is 0.875. The van der Waals surface area contributed by atoms with Crippen molar-refractivity contribution in [3.8, 4) is 0 Å². The van der Waals surface area contributed by atoms with E-state index in [1.165, 1.54) is 19.3 Å². The molecule has 0 aromatic carbocycles. The molecule has 0 aromatic rings. The molecule has 0 spiro atoms. The smallest absolute Gasteiger partial charge is 0.0108 e. The number of rotatable bonds is 4. The maximum atomic E-state index is 5.19. The molecule has 3 heteroatoms. The Morgan fingerprint density at radius 1 is 1.38 bits per heavy atom. The topological polar surface area (TPSA) is 12.0 Å². The lowest BCUT2D eigenvalue weighted by Gasteiger charge is -1.91. The second-order valence-corrected chi connectivity index (χ2v) is 1.86. The fourth-order valence-electron chi connectivity index (χ4n) is 0.442. The summed E-state index contributed by atoms with van der Waals surface area (Å²) >= 11 is 5.19. The number of hydrogen-bond donors (Lipinski definition) is 1. The molecule has 1 nitrogen and oxygen atoms in total. The van der Waals surface area contributed by atoms with Gasteiger partial charge in [-0.2, -0.15) is 0 Å². The zero-order valence-electron chi connectivity index (χ0n) is 5.11. The van der Waals surface area contributed by atoms with E-state index in [0.29, 0.717) is 0 Å². The highest BCUT2D eigenvalue weighted by Crippen LogP contribution is 1.90. The lowest BCUT2D eigenvalue weighted by Crippen LogP contribution is -1.99. The molecule has 0 aliphatic rings. The van der Waals surface area contributed by atoms with Crippen LogP contribution >= 0.6 is 24.2 Å². The molecule has 0 saturated carbocycles. The fraction of sp³-hybridized carbons (Fsp3) is 1.00. The van der Waals surface area contributed by atoms with E-state index in [2.05, 4.69) is 11.8 Å². The predicted octanol–water partition coefficient (Wildman–Crippen LogP) is 2.34. The minimum Gasteiger partial charge on any atom is -0.234 e. The van der Waals surface area contributed by atoms with Crippen LogP contribution in [0.1, 0.15) is 26.2 Å². The Balaban J connectivity index is 0. The number of halogens is 2. The molecule has 52 valence electrons. The number of unbranched alkanes of at least 4 members (excludes halogenated alkanes) is 2. The molecule has 0 heterocycles. The van der Waals surface area contributed by atoms with Crippen LogP contribution in [0.4, 0.5) is 0 Å². The van der Waals surface area contributed by atoms with Gasteiger partial charge in [0.1, 0.15) is 0 Å². The standard InChI is InChI=1S/C5H12ClN.ClH/c1-2-3-4-5-7-6;/h7H,2-5H2,1H3;1H. The molecule has 8 heavy (non-hydrogen) atoms. The first-order valence-corrected chi connectivity index (χ1v) is 3.13. The molecular weight excluding hydrogens is 145 g/mol. The molecule has 0 rings (SSSR count). The molecule has 0 saturated heterocycles. The first-order valence-electron chi connectivity index (χ1n) is 2.75. The highest BCUT2D eigenvalue weighted by atomic mass is 35.5. The van der Waals surface area contributed by atoms with E-state index in [4.69, 9.17) is 11.8 Å². The van der Waals surface area contributed by atoms with Crippen molar-refractivity contribution >= 4 is 24.2 Å². The summed E-state index contributed by atoms with van der Waals surface area (Å²) in [6.07, 6.45) is 3.73. The first kappa shape index (κ1) is 11.4. The van der Waals surface area contributed by atoms with Crippen molar-refractivity contribution in [3.05, 3.63) is 0 Å². The lowest BCUT2D eigenvalue weighted by atomic mass is 10.3. The molecule has 1 N–H and O–H groups in total. The van der Waals surface area contributed by atoms with Crippen molar-refractivity contribution < 1.29 is 0 Å². The molecule has 0 aliphatic carbocycles. The Kier molecular flexibility index (Phi) is 14.9. The summed E-state index contributed by atoms with van der Waals surface area (Å²) in [7, 11) is 0. The van der Waals surface area contributed by atoms with Crippen LogP contribution in [-0.2, 0) is 0 Å². The van der Waals surface area contributed by atoms with Crippen LogP contribution in [0.15, 0.2) is 0 Å². The molecule has 0 fully saturated rings.